The summed E-state index contributed by atoms with van der Waals surface area (Å²) in [5.74, 6) is 5.08. The molecular formula is C26H29N3O4. The van der Waals surface area contributed by atoms with Crippen molar-refractivity contribution in [1.29, 1.82) is 0 Å². The fourth-order valence-electron chi connectivity index (χ4n) is 3.34. The average Bonchev–Trinajstić information content (AvgIpc) is 2.86. The number of nitrogens with two attached hydrogens (primary N) is 1. The quantitative estimate of drug-likeness (QED) is 0.526. The molecule has 1 aliphatic rings. The van der Waals surface area contributed by atoms with E-state index in [2.05, 4.69) is 46.3 Å². The number of ketones is 1. The maximum Gasteiger partial charge on any atom is 0.251 e. The van der Waals surface area contributed by atoms with E-state index in [9.17, 15) is 9.59 Å². The number of nitrogens with one attached hydrogen (secondary N) is 1. The molecule has 0 saturated carbocycles. The number of hydrogen-bond donors (Lipinski definition) is 3. The van der Waals surface area contributed by atoms with E-state index in [4.69, 9.17) is 15.6 Å². The summed E-state index contributed by atoms with van der Waals surface area (Å²) in [5, 5.41) is 11.4. The van der Waals surface area contributed by atoms with Crippen molar-refractivity contribution in [2.24, 2.45) is 5.73 Å². The molecule has 1 saturated heterocycles. The van der Waals surface area contributed by atoms with E-state index >= 15 is 0 Å². The molecule has 0 unspecified atom stereocenters. The zero-order chi connectivity index (χ0) is 23.5. The van der Waals surface area contributed by atoms with Crippen LogP contribution in [0.2, 0.25) is 0 Å². The Morgan fingerprint density at radius 3 is 2.45 bits per heavy atom. The number of allylic oxidation sites excluding steroid dienone is 1. The molecule has 4 N–H and O–H groups in total. The molecule has 0 radical (unpaired) electrons. The van der Waals surface area contributed by atoms with Gasteiger partial charge in [-0.1, -0.05) is 36.1 Å². The lowest BCUT2D eigenvalue weighted by Gasteiger charge is -2.26. The molecule has 7 nitrogen and oxygen atoms in total. The van der Waals surface area contributed by atoms with Crippen LogP contribution in [0.1, 0.15) is 27.0 Å². The molecule has 172 valence electrons. The first-order chi connectivity index (χ1) is 16.1. The summed E-state index contributed by atoms with van der Waals surface area (Å²) in [6.07, 6.45) is 3.75. The van der Waals surface area contributed by atoms with Gasteiger partial charge in [-0.25, -0.2) is 0 Å². The van der Waals surface area contributed by atoms with Gasteiger partial charge in [0.05, 0.1) is 13.2 Å². The molecule has 33 heavy (non-hydrogen) atoms. The third kappa shape index (κ3) is 7.67. The molecule has 1 heterocycles. The average molecular weight is 448 g/mol. The third-order valence-corrected chi connectivity index (χ3v) is 5.30. The first-order valence-electron chi connectivity index (χ1n) is 10.9. The zero-order valence-electron chi connectivity index (χ0n) is 18.5. The van der Waals surface area contributed by atoms with Crippen molar-refractivity contribution in [2.45, 2.75) is 12.6 Å². The number of benzene rings is 2. The van der Waals surface area contributed by atoms with Crippen molar-refractivity contribution in [2.75, 3.05) is 39.5 Å². The first-order valence-corrected chi connectivity index (χ1v) is 10.9. The van der Waals surface area contributed by atoms with Crippen LogP contribution in [0.4, 0.5) is 0 Å². The van der Waals surface area contributed by atoms with E-state index in [0.29, 0.717) is 5.56 Å². The van der Waals surface area contributed by atoms with Gasteiger partial charge in [-0.05, 0) is 47.5 Å². The number of hydrogen-bond acceptors (Lipinski definition) is 6. The molecule has 3 rings (SSSR count). The number of morpholine rings is 1. The highest BCUT2D eigenvalue weighted by Gasteiger charge is 2.18. The predicted molar refractivity (Wildman–Crippen MR) is 127 cm³/mol. The molecule has 1 amide bonds. The number of aliphatic hydroxyl groups is 1. The highest BCUT2D eigenvalue weighted by Crippen LogP contribution is 2.10. The van der Waals surface area contributed by atoms with Crippen molar-refractivity contribution < 1.29 is 19.4 Å². The van der Waals surface area contributed by atoms with Crippen LogP contribution in [-0.2, 0) is 16.1 Å². The van der Waals surface area contributed by atoms with E-state index in [-0.39, 0.29) is 6.54 Å². The number of aliphatic hydroxyl groups excluding tert-OH is 1. The Morgan fingerprint density at radius 2 is 1.82 bits per heavy atom. The van der Waals surface area contributed by atoms with Gasteiger partial charge >= 0.3 is 0 Å². The number of rotatable bonds is 8. The van der Waals surface area contributed by atoms with Gasteiger partial charge in [-0.3, -0.25) is 14.5 Å². The predicted octanol–water partition coefficient (Wildman–Crippen LogP) is 1.20. The zero-order valence-corrected chi connectivity index (χ0v) is 18.5. The normalized spacial score (nSPS) is 15.0. The van der Waals surface area contributed by atoms with Crippen LogP contribution >= 0.6 is 0 Å². The van der Waals surface area contributed by atoms with E-state index in [1.165, 1.54) is 5.56 Å². The molecule has 1 fully saturated rings. The summed E-state index contributed by atoms with van der Waals surface area (Å²) in [4.78, 5) is 26.2. The summed E-state index contributed by atoms with van der Waals surface area (Å²) < 4.78 is 5.38. The van der Waals surface area contributed by atoms with Gasteiger partial charge in [0.2, 0.25) is 0 Å². The van der Waals surface area contributed by atoms with Crippen molar-refractivity contribution >= 4 is 17.8 Å². The van der Waals surface area contributed by atoms with E-state index < -0.39 is 24.3 Å². The van der Waals surface area contributed by atoms with Gasteiger partial charge in [-0.15, -0.1) is 0 Å². The summed E-state index contributed by atoms with van der Waals surface area (Å²) in [7, 11) is 0. The monoisotopic (exact) mass is 447 g/mol. The summed E-state index contributed by atoms with van der Waals surface area (Å²) in [6, 6.07) is 14.3. The first kappa shape index (κ1) is 24.4. The van der Waals surface area contributed by atoms with Crippen molar-refractivity contribution in [3.63, 3.8) is 0 Å². The van der Waals surface area contributed by atoms with E-state index in [1.54, 1.807) is 30.3 Å². The minimum atomic E-state index is -0.902. The number of carbonyl (C=O) groups is 2. The van der Waals surface area contributed by atoms with Gasteiger partial charge in [0.15, 0.2) is 5.78 Å². The molecule has 0 aliphatic carbocycles. The van der Waals surface area contributed by atoms with Crippen LogP contribution < -0.4 is 11.1 Å². The Kier molecular flexibility index (Phi) is 9.36. The molecule has 0 aromatic heterocycles. The largest absolute Gasteiger partial charge is 0.388 e. The maximum atomic E-state index is 12.2. The minimum absolute atomic E-state index is 0.0718. The van der Waals surface area contributed by atoms with Gasteiger partial charge in [0, 0.05) is 37.3 Å². The molecule has 7 heteroatoms. The topological polar surface area (TPSA) is 105 Å². The van der Waals surface area contributed by atoms with Gasteiger partial charge in [0.25, 0.3) is 5.91 Å². The van der Waals surface area contributed by atoms with Crippen LogP contribution in [0.3, 0.4) is 0 Å². The Labute approximate surface area is 194 Å². The molecule has 1 atom stereocenters. The van der Waals surface area contributed by atoms with Crippen LogP contribution in [0.5, 0.6) is 0 Å². The maximum absolute atomic E-state index is 12.2. The molecule has 2 aromatic carbocycles. The lowest BCUT2D eigenvalue weighted by molar-refractivity contribution is -0.123. The summed E-state index contributed by atoms with van der Waals surface area (Å²) >= 11 is 0. The smallest absolute Gasteiger partial charge is 0.251 e. The Bertz CT molecular complexity index is 1010. The second-order valence-electron chi connectivity index (χ2n) is 7.70. The second-order valence-corrected chi connectivity index (χ2v) is 7.70. The minimum Gasteiger partial charge on any atom is -0.388 e. The van der Waals surface area contributed by atoms with Crippen LogP contribution in [-0.4, -0.2) is 67.2 Å². The number of carbonyl (C=O) groups excluding carboxylic acids is 2. The van der Waals surface area contributed by atoms with E-state index in [0.717, 1.165) is 44.0 Å². The van der Waals surface area contributed by atoms with Gasteiger partial charge in [-0.2, -0.15) is 0 Å². The Balaban J connectivity index is 1.51. The summed E-state index contributed by atoms with van der Waals surface area (Å²) in [5.41, 5.74) is 8.99. The highest BCUT2D eigenvalue weighted by atomic mass is 16.5. The van der Waals surface area contributed by atoms with Crippen molar-refractivity contribution in [3.05, 3.63) is 76.9 Å². The number of amides is 1. The third-order valence-electron chi connectivity index (χ3n) is 5.30. The van der Waals surface area contributed by atoms with Gasteiger partial charge < -0.3 is 20.9 Å². The molecule has 1 aliphatic heterocycles. The molecular weight excluding hydrogens is 418 g/mol. The molecule has 0 spiro atoms. The lowest BCUT2D eigenvalue weighted by Crippen LogP contribution is -2.46. The number of nitrogens with zero attached hydrogens (tertiary/aromatic N) is 1. The standard InChI is InChI=1S/C26H29N3O4/c27-17-24(25(31)19-30)28-26(32)23-11-9-21(10-12-23)4-2-1-3-20-5-7-22(8-6-20)18-29-13-15-33-16-14-29/h1,3,5-12,24,30H,13-19,27H2,(H,28,32)/b3-1+/t24-/m0/s1. The number of ether oxygens (including phenoxy) is 1. The molecule has 0 bridgehead atoms. The Hall–Kier alpha value is -3.28. The summed E-state index contributed by atoms with van der Waals surface area (Å²) in [6.45, 7) is 3.75. The highest BCUT2D eigenvalue weighted by molar-refractivity contribution is 5.98. The van der Waals surface area contributed by atoms with Crippen molar-refractivity contribution in [1.82, 2.24) is 10.2 Å². The fourth-order valence-corrected chi connectivity index (χ4v) is 3.34. The van der Waals surface area contributed by atoms with Gasteiger partial charge in [0.1, 0.15) is 12.6 Å². The molecule has 2 aromatic rings. The fraction of sp³-hybridized carbons (Fsp3) is 0.308. The van der Waals surface area contributed by atoms with Crippen LogP contribution in [0.25, 0.3) is 6.08 Å². The number of Topliss-reactive ketones (excluding diaryl/α,β-unsaturated/α-hetero) is 1. The van der Waals surface area contributed by atoms with E-state index in [1.807, 2.05) is 6.08 Å². The lowest BCUT2D eigenvalue weighted by atomic mass is 10.1. The SMILES string of the molecule is NC[C@H](NC(=O)c1ccc(C#C/C=C/c2ccc(CN3CCOCC3)cc2)cc1)C(=O)CO. The van der Waals surface area contributed by atoms with Crippen LogP contribution in [0.15, 0.2) is 54.6 Å². The van der Waals surface area contributed by atoms with Crippen molar-refractivity contribution in [3.8, 4) is 11.8 Å². The second kappa shape index (κ2) is 12.7. The van der Waals surface area contributed by atoms with Crippen LogP contribution in [0, 0.1) is 11.8 Å². The Morgan fingerprint density at radius 1 is 1.12 bits per heavy atom.